The fraction of sp³-hybridized carbons (Fsp3) is 0.179. The van der Waals surface area contributed by atoms with Crippen LogP contribution in [0.4, 0.5) is 23.8 Å². The van der Waals surface area contributed by atoms with Gasteiger partial charge in [0.25, 0.3) is 5.91 Å². The fourth-order valence-corrected chi connectivity index (χ4v) is 4.48. The van der Waals surface area contributed by atoms with Gasteiger partial charge in [-0.2, -0.15) is 13.2 Å². The third-order valence-corrected chi connectivity index (χ3v) is 6.45. The second-order valence-corrected chi connectivity index (χ2v) is 9.18. The topological polar surface area (TPSA) is 103 Å². The van der Waals surface area contributed by atoms with E-state index in [-0.39, 0.29) is 23.7 Å². The van der Waals surface area contributed by atoms with Crippen molar-refractivity contribution in [2.45, 2.75) is 18.8 Å². The van der Waals surface area contributed by atoms with Gasteiger partial charge in [0, 0.05) is 44.2 Å². The summed E-state index contributed by atoms with van der Waals surface area (Å²) in [5.41, 5.74) is 4.63. The largest absolute Gasteiger partial charge is 0.416 e. The summed E-state index contributed by atoms with van der Waals surface area (Å²) in [6.07, 6.45) is 0.349. The zero-order chi connectivity index (χ0) is 28.4. The number of hydrogen-bond acceptors (Lipinski definition) is 5. The van der Waals surface area contributed by atoms with Crippen molar-refractivity contribution in [3.8, 4) is 11.3 Å². The average Bonchev–Trinajstić information content (AvgIpc) is 3.54. The lowest BCUT2D eigenvalue weighted by atomic mass is 9.97. The number of urea groups is 1. The zero-order valence-corrected chi connectivity index (χ0v) is 21.6. The quantitative estimate of drug-likeness (QED) is 0.279. The van der Waals surface area contributed by atoms with Gasteiger partial charge in [0.15, 0.2) is 0 Å². The van der Waals surface area contributed by atoms with E-state index in [1.54, 1.807) is 47.1 Å². The van der Waals surface area contributed by atoms with Crippen LogP contribution >= 0.6 is 0 Å². The van der Waals surface area contributed by atoms with E-state index >= 15 is 0 Å². The smallest absolute Gasteiger partial charge is 0.341 e. The van der Waals surface area contributed by atoms with Crippen molar-refractivity contribution in [1.29, 1.82) is 0 Å². The van der Waals surface area contributed by atoms with Crippen molar-refractivity contribution in [3.05, 3.63) is 101 Å². The number of hydrazine groups is 1. The Bertz CT molecular complexity index is 1600. The molecule has 1 atom stereocenters. The summed E-state index contributed by atoms with van der Waals surface area (Å²) in [5, 5.41) is 9.63. The van der Waals surface area contributed by atoms with Gasteiger partial charge in [-0.1, -0.05) is 30.3 Å². The highest BCUT2D eigenvalue weighted by Gasteiger charge is 2.36. The van der Waals surface area contributed by atoms with Crippen LogP contribution in [-0.4, -0.2) is 40.4 Å². The van der Waals surface area contributed by atoms with Crippen LogP contribution in [0.25, 0.3) is 16.9 Å². The molecule has 2 aromatic carbocycles. The first-order chi connectivity index (χ1) is 19.1. The maximum absolute atomic E-state index is 13.8. The van der Waals surface area contributed by atoms with E-state index in [1.807, 2.05) is 30.3 Å². The minimum atomic E-state index is -4.59. The summed E-state index contributed by atoms with van der Waals surface area (Å²) < 4.78 is 43.1. The van der Waals surface area contributed by atoms with E-state index < -0.39 is 23.7 Å². The first-order valence-corrected chi connectivity index (χ1v) is 12.4. The zero-order valence-electron chi connectivity index (χ0n) is 21.6. The van der Waals surface area contributed by atoms with Crippen LogP contribution in [-0.2, 0) is 12.7 Å². The van der Waals surface area contributed by atoms with Gasteiger partial charge < -0.3 is 21.0 Å². The minimum absolute atomic E-state index is 0.0598. The summed E-state index contributed by atoms with van der Waals surface area (Å²) in [6, 6.07) is 15.1. The summed E-state index contributed by atoms with van der Waals surface area (Å²) >= 11 is 0. The molecule has 5 rings (SSSR count). The van der Waals surface area contributed by atoms with Crippen molar-refractivity contribution in [2.24, 2.45) is 0 Å². The van der Waals surface area contributed by atoms with Gasteiger partial charge >= 0.3 is 12.2 Å². The standard InChI is InChI=1S/C28H26F3N7O2/c1-32-27(40)33-16-17-10-13-38-23(14-17)34-24(18-6-4-3-5-7-18)25(38)35-26(39)19-8-9-21(28(29,30)31)20(15-19)22-11-12-37(2)36-22/h3-15,22,36H,16H2,1-2H3,(H,35,39)(H2,32,33,40). The molecule has 9 nitrogen and oxygen atoms in total. The second kappa shape index (κ2) is 10.7. The highest BCUT2D eigenvalue weighted by Crippen LogP contribution is 2.37. The van der Waals surface area contributed by atoms with Crippen LogP contribution in [0.2, 0.25) is 0 Å². The Kier molecular flexibility index (Phi) is 7.18. The molecule has 12 heteroatoms. The van der Waals surface area contributed by atoms with Gasteiger partial charge in [0.1, 0.15) is 17.2 Å². The molecule has 2 aromatic heterocycles. The van der Waals surface area contributed by atoms with Crippen molar-refractivity contribution in [3.63, 3.8) is 0 Å². The molecule has 1 unspecified atom stereocenters. The number of nitrogens with one attached hydrogen (secondary N) is 4. The van der Waals surface area contributed by atoms with E-state index in [0.717, 1.165) is 23.3 Å². The van der Waals surface area contributed by atoms with Crippen LogP contribution < -0.4 is 21.4 Å². The monoisotopic (exact) mass is 549 g/mol. The highest BCUT2D eigenvalue weighted by atomic mass is 19.4. The Labute approximate surface area is 227 Å². The Balaban J connectivity index is 1.52. The third-order valence-electron chi connectivity index (χ3n) is 6.45. The Hall–Kier alpha value is -4.84. The van der Waals surface area contributed by atoms with Gasteiger partial charge in [0.05, 0.1) is 11.6 Å². The summed E-state index contributed by atoms with van der Waals surface area (Å²) in [5.74, 6) is -0.230. The molecule has 1 aliphatic heterocycles. The first-order valence-electron chi connectivity index (χ1n) is 12.4. The molecular weight excluding hydrogens is 523 g/mol. The van der Waals surface area contributed by atoms with Crippen molar-refractivity contribution in [1.82, 2.24) is 30.5 Å². The molecule has 4 aromatic rings. The molecule has 1 aliphatic rings. The lowest BCUT2D eigenvalue weighted by molar-refractivity contribution is -0.138. The number of anilines is 1. The number of imidazole rings is 1. The number of halogens is 3. The number of rotatable bonds is 6. The van der Waals surface area contributed by atoms with Crippen LogP contribution in [0, 0.1) is 0 Å². The maximum atomic E-state index is 13.8. The molecule has 3 amide bonds. The Morgan fingerprint density at radius 2 is 1.85 bits per heavy atom. The van der Waals surface area contributed by atoms with Crippen molar-refractivity contribution >= 4 is 23.4 Å². The fourth-order valence-electron chi connectivity index (χ4n) is 4.48. The molecule has 0 spiro atoms. The first kappa shape index (κ1) is 26.8. The lowest BCUT2D eigenvalue weighted by Crippen LogP contribution is -2.32. The number of carbonyl (C=O) groups excluding carboxylic acids is 2. The number of fused-ring (bicyclic) bond motifs is 1. The molecule has 0 radical (unpaired) electrons. The number of alkyl halides is 3. The lowest BCUT2D eigenvalue weighted by Gasteiger charge is -2.20. The van der Waals surface area contributed by atoms with Gasteiger partial charge in [-0.3, -0.25) is 9.20 Å². The minimum Gasteiger partial charge on any atom is -0.341 e. The molecule has 0 aliphatic carbocycles. The average molecular weight is 550 g/mol. The van der Waals surface area contributed by atoms with Crippen molar-refractivity contribution < 1.29 is 22.8 Å². The number of pyridine rings is 1. The van der Waals surface area contributed by atoms with E-state index in [0.29, 0.717) is 17.2 Å². The predicted octanol–water partition coefficient (Wildman–Crippen LogP) is 4.71. The number of benzene rings is 2. The molecule has 4 N–H and O–H groups in total. The van der Waals surface area contributed by atoms with Crippen LogP contribution in [0.3, 0.4) is 0 Å². The number of nitrogens with zero attached hydrogens (tertiary/aromatic N) is 3. The van der Waals surface area contributed by atoms with Gasteiger partial charge in [-0.15, -0.1) is 0 Å². The summed E-state index contributed by atoms with van der Waals surface area (Å²) in [4.78, 5) is 29.8. The molecule has 0 fully saturated rings. The third kappa shape index (κ3) is 5.47. The van der Waals surface area contributed by atoms with E-state index in [9.17, 15) is 22.8 Å². The molecule has 40 heavy (non-hydrogen) atoms. The number of aromatic nitrogens is 2. The SMILES string of the molecule is CNC(=O)NCc1ccn2c(NC(=O)c3ccc(C(F)(F)F)c(C4C=CN(C)N4)c3)c(-c3ccccc3)nc2c1. The predicted molar refractivity (Wildman–Crippen MR) is 144 cm³/mol. The molecule has 0 saturated carbocycles. The molecule has 3 heterocycles. The molecular formula is C28H26F3N7O2. The van der Waals surface area contributed by atoms with E-state index in [1.165, 1.54) is 13.1 Å². The summed E-state index contributed by atoms with van der Waals surface area (Å²) in [7, 11) is 3.20. The van der Waals surface area contributed by atoms with Crippen LogP contribution in [0.1, 0.15) is 33.1 Å². The van der Waals surface area contributed by atoms with E-state index in [4.69, 9.17) is 4.98 Å². The molecule has 0 saturated heterocycles. The van der Waals surface area contributed by atoms with Crippen molar-refractivity contribution in [2.75, 3.05) is 19.4 Å². The van der Waals surface area contributed by atoms with Gasteiger partial charge in [-0.05, 0) is 47.5 Å². The Morgan fingerprint density at radius 3 is 2.52 bits per heavy atom. The number of carbonyl (C=O) groups is 2. The van der Waals surface area contributed by atoms with Crippen LogP contribution in [0.5, 0.6) is 0 Å². The number of hydrogen-bond donors (Lipinski definition) is 4. The highest BCUT2D eigenvalue weighted by molar-refractivity contribution is 6.06. The molecule has 0 bridgehead atoms. The maximum Gasteiger partial charge on any atom is 0.416 e. The van der Waals surface area contributed by atoms with Gasteiger partial charge in [0.2, 0.25) is 0 Å². The van der Waals surface area contributed by atoms with Crippen LogP contribution in [0.15, 0.2) is 79.1 Å². The number of amides is 3. The Morgan fingerprint density at radius 1 is 1.07 bits per heavy atom. The normalized spacial score (nSPS) is 14.9. The second-order valence-electron chi connectivity index (χ2n) is 9.18. The van der Waals surface area contributed by atoms with Gasteiger partial charge in [-0.25, -0.2) is 15.2 Å². The summed E-state index contributed by atoms with van der Waals surface area (Å²) in [6.45, 7) is 0.262. The van der Waals surface area contributed by atoms with E-state index in [2.05, 4.69) is 21.4 Å². The molecule has 206 valence electrons.